The summed E-state index contributed by atoms with van der Waals surface area (Å²) in [7, 11) is 1.59. The number of morpholine rings is 1. The van der Waals surface area contributed by atoms with Crippen molar-refractivity contribution in [2.24, 2.45) is 0 Å². The summed E-state index contributed by atoms with van der Waals surface area (Å²) in [6, 6.07) is 24.2. The van der Waals surface area contributed by atoms with Crippen LogP contribution in [0.2, 0.25) is 0 Å². The summed E-state index contributed by atoms with van der Waals surface area (Å²) >= 11 is 0. The van der Waals surface area contributed by atoms with Gasteiger partial charge in [0.2, 0.25) is 0 Å². The fourth-order valence-electron chi connectivity index (χ4n) is 5.29. The predicted octanol–water partition coefficient (Wildman–Crippen LogP) is 6.13. The van der Waals surface area contributed by atoms with Gasteiger partial charge in [0.1, 0.15) is 17.4 Å². The van der Waals surface area contributed by atoms with Crippen molar-refractivity contribution in [1.82, 2.24) is 14.8 Å². The molecule has 230 valence electrons. The lowest BCUT2D eigenvalue weighted by atomic mass is 9.92. The molecule has 1 saturated heterocycles. The van der Waals surface area contributed by atoms with Crippen molar-refractivity contribution in [1.29, 1.82) is 0 Å². The number of pyridine rings is 1. The summed E-state index contributed by atoms with van der Waals surface area (Å²) in [6.07, 6.45) is 1.78. The van der Waals surface area contributed by atoms with Crippen molar-refractivity contribution in [2.45, 2.75) is 26.2 Å². The third-order valence-corrected chi connectivity index (χ3v) is 7.75. The first-order valence-electron chi connectivity index (χ1n) is 14.9. The van der Waals surface area contributed by atoms with E-state index in [1.165, 1.54) is 0 Å². The Hall–Kier alpha value is -5.22. The minimum atomic E-state index is -0.755. The van der Waals surface area contributed by atoms with Crippen LogP contribution in [0.4, 0.5) is 23.0 Å². The Morgan fingerprint density at radius 3 is 2.44 bits per heavy atom. The van der Waals surface area contributed by atoms with Gasteiger partial charge in [-0.2, -0.15) is 5.10 Å². The minimum absolute atomic E-state index is 0.287. The van der Waals surface area contributed by atoms with Crippen LogP contribution in [0.1, 0.15) is 36.8 Å². The second-order valence-corrected chi connectivity index (χ2v) is 11.9. The number of hydrogen-bond acceptors (Lipinski definition) is 8. The number of ether oxygens (including phenoxy) is 2. The van der Waals surface area contributed by atoms with Gasteiger partial charge in [0.05, 0.1) is 31.7 Å². The van der Waals surface area contributed by atoms with Crippen molar-refractivity contribution < 1.29 is 19.1 Å². The zero-order valence-corrected chi connectivity index (χ0v) is 25.8. The zero-order chi connectivity index (χ0) is 31.6. The van der Waals surface area contributed by atoms with E-state index in [9.17, 15) is 9.59 Å². The monoisotopic (exact) mass is 604 g/mol. The zero-order valence-electron chi connectivity index (χ0n) is 25.8. The highest BCUT2D eigenvalue weighted by atomic mass is 16.5. The molecule has 3 aromatic carbocycles. The Morgan fingerprint density at radius 2 is 1.69 bits per heavy atom. The molecule has 1 aliphatic rings. The number of carbonyl (C=O) groups excluding carboxylic acids is 2. The van der Waals surface area contributed by atoms with Crippen molar-refractivity contribution >= 4 is 45.5 Å². The first-order chi connectivity index (χ1) is 21.7. The number of nitrogens with one attached hydrogen (secondary N) is 2. The van der Waals surface area contributed by atoms with Crippen LogP contribution in [0.3, 0.4) is 0 Å². The Morgan fingerprint density at radius 1 is 0.911 bits per heavy atom. The second kappa shape index (κ2) is 12.4. The molecule has 0 saturated carbocycles. The van der Waals surface area contributed by atoms with E-state index in [1.54, 1.807) is 30.1 Å². The van der Waals surface area contributed by atoms with E-state index in [2.05, 4.69) is 20.5 Å². The van der Waals surface area contributed by atoms with Crippen LogP contribution in [0, 0.1) is 0 Å². The van der Waals surface area contributed by atoms with E-state index in [0.717, 1.165) is 41.4 Å². The number of hydrogen-bond donors (Lipinski definition) is 2. The molecule has 1 fully saturated rings. The number of nitrogens with zero attached hydrogens (tertiary/aromatic N) is 4. The van der Waals surface area contributed by atoms with Gasteiger partial charge in [0.15, 0.2) is 0 Å². The smallest absolute Gasteiger partial charge is 0.297 e. The van der Waals surface area contributed by atoms with Gasteiger partial charge in [-0.15, -0.1) is 0 Å². The summed E-state index contributed by atoms with van der Waals surface area (Å²) < 4.78 is 12.5. The molecule has 6 rings (SSSR count). The van der Waals surface area contributed by atoms with Crippen LogP contribution in [0.15, 0.2) is 85.1 Å². The van der Waals surface area contributed by atoms with Crippen LogP contribution in [-0.4, -0.2) is 59.9 Å². The fraction of sp³-hybridized carbons (Fsp3) is 0.257. The van der Waals surface area contributed by atoms with Gasteiger partial charge in [0.25, 0.3) is 11.7 Å². The standard InChI is InChI=1S/C35H36N6O4/c1-35(2,3)30-22-32(41(39-30)24-8-7-9-25(21-24)44-4)38-34(43)33(42)28-12-13-29(27-11-6-5-10-26(27)28)37-23-14-15-36-31(20-23)40-16-18-45-19-17-40/h5-15,20-22H,16-19H2,1-4H3,(H,36,37)(H,38,43). The van der Waals surface area contributed by atoms with E-state index in [-0.39, 0.29) is 5.41 Å². The van der Waals surface area contributed by atoms with Crippen LogP contribution in [-0.2, 0) is 14.9 Å². The Balaban J connectivity index is 1.28. The van der Waals surface area contributed by atoms with Crippen LogP contribution >= 0.6 is 0 Å². The highest BCUT2D eigenvalue weighted by Gasteiger charge is 2.25. The topological polar surface area (TPSA) is 111 Å². The van der Waals surface area contributed by atoms with Crippen molar-refractivity contribution in [3.63, 3.8) is 0 Å². The molecular formula is C35H36N6O4. The molecule has 3 heterocycles. The average molecular weight is 605 g/mol. The molecule has 2 N–H and O–H groups in total. The maximum atomic E-state index is 13.7. The summed E-state index contributed by atoms with van der Waals surface area (Å²) in [5, 5.41) is 12.6. The number of fused-ring (bicyclic) bond motifs is 1. The number of rotatable bonds is 8. The third-order valence-electron chi connectivity index (χ3n) is 7.75. The van der Waals surface area contributed by atoms with Crippen LogP contribution in [0.25, 0.3) is 16.5 Å². The van der Waals surface area contributed by atoms with E-state index in [4.69, 9.17) is 14.6 Å². The van der Waals surface area contributed by atoms with Gasteiger partial charge < -0.3 is 25.0 Å². The van der Waals surface area contributed by atoms with E-state index < -0.39 is 11.7 Å². The first kappa shape index (κ1) is 29.8. The highest BCUT2D eigenvalue weighted by molar-refractivity contribution is 6.48. The lowest BCUT2D eigenvalue weighted by molar-refractivity contribution is -0.112. The lowest BCUT2D eigenvalue weighted by Crippen LogP contribution is -2.36. The maximum absolute atomic E-state index is 13.7. The van der Waals surface area contributed by atoms with Gasteiger partial charge in [-0.1, -0.05) is 51.1 Å². The van der Waals surface area contributed by atoms with Crippen LogP contribution in [0.5, 0.6) is 5.75 Å². The number of methoxy groups -OCH3 is 1. The number of anilines is 4. The summed E-state index contributed by atoms with van der Waals surface area (Å²) in [5.74, 6) is 0.515. The molecule has 0 aliphatic carbocycles. The van der Waals surface area contributed by atoms with Gasteiger partial charge in [-0.05, 0) is 35.7 Å². The maximum Gasteiger partial charge on any atom is 0.297 e. The quantitative estimate of drug-likeness (QED) is 0.161. The number of ketones is 1. The first-order valence-corrected chi connectivity index (χ1v) is 14.9. The van der Waals surface area contributed by atoms with E-state index in [0.29, 0.717) is 41.4 Å². The molecule has 10 nitrogen and oxygen atoms in total. The molecule has 0 unspecified atom stereocenters. The van der Waals surface area contributed by atoms with Crippen molar-refractivity contribution in [3.05, 3.63) is 96.3 Å². The summed E-state index contributed by atoms with van der Waals surface area (Å²) in [5.41, 5.74) is 3.16. The van der Waals surface area contributed by atoms with E-state index >= 15 is 0 Å². The number of aromatic nitrogens is 3. The molecule has 1 aliphatic heterocycles. The van der Waals surface area contributed by atoms with Crippen LogP contribution < -0.4 is 20.3 Å². The Labute approximate surface area is 262 Å². The molecule has 0 bridgehead atoms. The second-order valence-electron chi connectivity index (χ2n) is 11.9. The molecule has 0 spiro atoms. The van der Waals surface area contributed by atoms with E-state index in [1.807, 2.05) is 87.5 Å². The number of Topliss-reactive ketones (excluding diaryl/α,β-unsaturated/α-hetero) is 1. The molecule has 0 radical (unpaired) electrons. The number of carbonyl (C=O) groups is 2. The molecule has 0 atom stereocenters. The average Bonchev–Trinajstić information content (AvgIpc) is 3.50. The normalized spacial score (nSPS) is 13.5. The molecule has 45 heavy (non-hydrogen) atoms. The molecular weight excluding hydrogens is 568 g/mol. The minimum Gasteiger partial charge on any atom is -0.497 e. The SMILES string of the molecule is COc1cccc(-n2nc(C(C)(C)C)cc2NC(=O)C(=O)c2ccc(Nc3ccnc(N4CCOCC4)c3)c3ccccc23)c1. The third kappa shape index (κ3) is 6.37. The van der Waals surface area contributed by atoms with Gasteiger partial charge >= 0.3 is 0 Å². The number of benzene rings is 3. The van der Waals surface area contributed by atoms with Gasteiger partial charge in [0, 0.05) is 65.2 Å². The van der Waals surface area contributed by atoms with Gasteiger partial charge in [-0.25, -0.2) is 9.67 Å². The predicted molar refractivity (Wildman–Crippen MR) is 176 cm³/mol. The molecule has 2 aromatic heterocycles. The number of amides is 1. The largest absolute Gasteiger partial charge is 0.497 e. The Bertz CT molecular complexity index is 1870. The van der Waals surface area contributed by atoms with Crippen molar-refractivity contribution in [2.75, 3.05) is 48.9 Å². The lowest BCUT2D eigenvalue weighted by Gasteiger charge is -2.28. The highest BCUT2D eigenvalue weighted by Crippen LogP contribution is 2.32. The van der Waals surface area contributed by atoms with Crippen molar-refractivity contribution in [3.8, 4) is 11.4 Å². The fourth-order valence-corrected chi connectivity index (χ4v) is 5.29. The molecule has 5 aromatic rings. The molecule has 10 heteroatoms. The Kier molecular flexibility index (Phi) is 8.23. The summed E-state index contributed by atoms with van der Waals surface area (Å²) in [6.45, 7) is 9.05. The summed E-state index contributed by atoms with van der Waals surface area (Å²) in [4.78, 5) is 33.9. The van der Waals surface area contributed by atoms with Gasteiger partial charge in [-0.3, -0.25) is 9.59 Å². The molecule has 1 amide bonds.